The van der Waals surface area contributed by atoms with Gasteiger partial charge in [-0.1, -0.05) is 285 Å². The lowest BCUT2D eigenvalue weighted by Gasteiger charge is -2.33. The lowest BCUT2D eigenvalue weighted by atomic mass is 9.91. The molecule has 0 aromatic rings. The molecular formula is C65H116O4S4. The van der Waals surface area contributed by atoms with Crippen molar-refractivity contribution in [3.63, 3.8) is 0 Å². The molecule has 0 saturated heterocycles. The minimum Gasteiger partial charge on any atom is -0.482 e. The molecule has 0 aliphatic rings. The van der Waals surface area contributed by atoms with Crippen molar-refractivity contribution < 1.29 is 18.9 Å². The third-order valence-corrected chi connectivity index (χ3v) is 16.1. The smallest absolute Gasteiger partial charge is 0.186 e. The Morgan fingerprint density at radius 1 is 0.247 bits per heavy atom. The molecule has 8 heteroatoms. The largest absolute Gasteiger partial charge is 0.482 e. The lowest BCUT2D eigenvalue weighted by molar-refractivity contribution is -0.0133. The van der Waals surface area contributed by atoms with E-state index in [2.05, 4.69) is 54.0 Å². The predicted molar refractivity (Wildman–Crippen MR) is 339 cm³/mol. The van der Waals surface area contributed by atoms with Gasteiger partial charge in [0.2, 0.25) is 0 Å². The number of thiocarbonyl (C=S) groups is 4. The van der Waals surface area contributed by atoms with Crippen LogP contribution in [0.15, 0.2) is 48.6 Å². The topological polar surface area (TPSA) is 36.9 Å². The fourth-order valence-corrected chi connectivity index (χ4v) is 9.89. The van der Waals surface area contributed by atoms with Gasteiger partial charge in [-0.2, -0.15) is 0 Å². The van der Waals surface area contributed by atoms with E-state index in [1.165, 1.54) is 205 Å². The van der Waals surface area contributed by atoms with Crippen LogP contribution in [0.1, 0.15) is 310 Å². The van der Waals surface area contributed by atoms with Gasteiger partial charge in [0.15, 0.2) is 20.2 Å². The Bertz CT molecular complexity index is 1220. The summed E-state index contributed by atoms with van der Waals surface area (Å²) in [6.45, 7) is 27.2. The summed E-state index contributed by atoms with van der Waals surface area (Å²) in [4.78, 5) is 0. The van der Waals surface area contributed by atoms with E-state index in [1.54, 1.807) is 0 Å². The van der Waals surface area contributed by atoms with Crippen LogP contribution >= 0.6 is 48.9 Å². The Kier molecular flexibility index (Phi) is 51.5. The average molecular weight is 1090 g/mol. The first kappa shape index (κ1) is 71.5. The quantitative estimate of drug-likeness (QED) is 0.0339. The van der Waals surface area contributed by atoms with Gasteiger partial charge in [-0.25, -0.2) is 0 Å². The summed E-state index contributed by atoms with van der Waals surface area (Å²) in [6.07, 6.45) is 54.3. The highest BCUT2D eigenvalue weighted by atomic mass is 32.1. The van der Waals surface area contributed by atoms with E-state index in [4.69, 9.17) is 67.8 Å². The van der Waals surface area contributed by atoms with E-state index in [9.17, 15) is 0 Å². The Morgan fingerprint density at radius 3 is 0.534 bits per heavy atom. The van der Waals surface area contributed by atoms with Crippen molar-refractivity contribution >= 4 is 69.1 Å². The van der Waals surface area contributed by atoms with Crippen LogP contribution in [0.5, 0.6) is 0 Å². The van der Waals surface area contributed by atoms with Crippen molar-refractivity contribution in [3.8, 4) is 0 Å². The molecule has 0 aromatic carbocycles. The zero-order valence-electron chi connectivity index (χ0n) is 48.5. The molecule has 424 valence electrons. The van der Waals surface area contributed by atoms with Crippen molar-refractivity contribution in [1.82, 2.24) is 0 Å². The normalized spacial score (nSPS) is 11.3. The van der Waals surface area contributed by atoms with Gasteiger partial charge < -0.3 is 18.9 Å². The van der Waals surface area contributed by atoms with Gasteiger partial charge in [0.1, 0.15) is 31.8 Å². The van der Waals surface area contributed by atoms with Gasteiger partial charge in [-0.15, -0.1) is 0 Å². The Labute approximate surface area is 475 Å². The molecule has 0 aliphatic heterocycles. The second-order valence-corrected chi connectivity index (χ2v) is 23.4. The first-order valence-corrected chi connectivity index (χ1v) is 32.5. The van der Waals surface area contributed by atoms with Crippen LogP contribution in [0.3, 0.4) is 0 Å². The average Bonchev–Trinajstić information content (AvgIpc) is 3.39. The number of hydrogen-bond acceptors (Lipinski definition) is 8. The highest BCUT2D eigenvalue weighted by Gasteiger charge is 2.37. The minimum absolute atomic E-state index is 0.150. The molecule has 0 saturated carbocycles. The third-order valence-electron chi connectivity index (χ3n) is 14.5. The maximum absolute atomic E-state index is 6.50. The molecule has 0 unspecified atom stereocenters. The van der Waals surface area contributed by atoms with E-state index in [1.807, 2.05) is 0 Å². The summed E-state index contributed by atoms with van der Waals surface area (Å²) < 4.78 is 26.0. The van der Waals surface area contributed by atoms with Crippen LogP contribution in [-0.4, -0.2) is 46.6 Å². The van der Waals surface area contributed by atoms with Gasteiger partial charge >= 0.3 is 0 Å². The molecule has 0 amide bonds. The number of hydrogen-bond donors (Lipinski definition) is 0. The molecule has 0 heterocycles. The summed E-state index contributed by atoms with van der Waals surface area (Å²) in [7, 11) is 0. The molecule has 0 rings (SSSR count). The maximum atomic E-state index is 6.50. The van der Waals surface area contributed by atoms with Crippen LogP contribution in [0.2, 0.25) is 0 Å². The van der Waals surface area contributed by atoms with Crippen molar-refractivity contribution in [3.05, 3.63) is 48.6 Å². The van der Waals surface area contributed by atoms with Crippen molar-refractivity contribution in [2.45, 2.75) is 310 Å². The van der Waals surface area contributed by atoms with Gasteiger partial charge in [0.25, 0.3) is 0 Å². The van der Waals surface area contributed by atoms with E-state index in [-0.39, 0.29) is 26.4 Å². The fraction of sp³-hybridized carbons (Fsp3) is 0.815. The standard InChI is InChI=1S/C65H116O4S4/c1-9-13-17-21-25-29-33-37-41-45-49-57(5)61(70)66-53-65(54-67-62(71)58(6)50-46-42-38-34-30-26-22-18-14-10-2,55-68-63(72)59(7)51-47-43-39-35-31-27-23-19-15-11-3)56-69-64(73)60(8)52-48-44-40-36-32-28-24-20-16-12-4/h5-56H2,1-4H3. The van der Waals surface area contributed by atoms with Crippen LogP contribution in [-0.2, 0) is 18.9 Å². The first-order valence-electron chi connectivity index (χ1n) is 30.9. The van der Waals surface area contributed by atoms with Crippen LogP contribution in [0, 0.1) is 5.41 Å². The van der Waals surface area contributed by atoms with Crippen LogP contribution in [0.25, 0.3) is 0 Å². The molecule has 73 heavy (non-hydrogen) atoms. The molecule has 0 fully saturated rings. The fourth-order valence-electron chi connectivity index (χ4n) is 9.24. The summed E-state index contributed by atoms with van der Waals surface area (Å²) in [5.41, 5.74) is 2.48. The van der Waals surface area contributed by atoms with Crippen molar-refractivity contribution in [1.29, 1.82) is 0 Å². The summed E-state index contributed by atoms with van der Waals surface area (Å²) >= 11 is 23.6. The van der Waals surface area contributed by atoms with Gasteiger partial charge in [-0.3, -0.25) is 0 Å². The monoisotopic (exact) mass is 1090 g/mol. The minimum atomic E-state index is -0.883. The molecule has 4 nitrogen and oxygen atoms in total. The molecule has 0 aliphatic carbocycles. The van der Waals surface area contributed by atoms with Crippen LogP contribution < -0.4 is 0 Å². The van der Waals surface area contributed by atoms with Crippen LogP contribution in [0.4, 0.5) is 0 Å². The Balaban J connectivity index is 5.90. The van der Waals surface area contributed by atoms with Gasteiger partial charge in [0, 0.05) is 0 Å². The molecule has 0 aromatic heterocycles. The Morgan fingerprint density at radius 2 is 0.384 bits per heavy atom. The second kappa shape index (κ2) is 52.6. The van der Waals surface area contributed by atoms with Crippen molar-refractivity contribution in [2.24, 2.45) is 5.41 Å². The lowest BCUT2D eigenvalue weighted by Crippen LogP contribution is -2.44. The zero-order valence-corrected chi connectivity index (χ0v) is 51.8. The number of rotatable bonds is 56. The molecule has 0 spiro atoms. The Hall–Kier alpha value is -1.48. The summed E-state index contributed by atoms with van der Waals surface area (Å²) in [6, 6.07) is 0. The van der Waals surface area contributed by atoms with Crippen molar-refractivity contribution in [2.75, 3.05) is 26.4 Å². The second-order valence-electron chi connectivity index (χ2n) is 21.9. The predicted octanol–water partition coefficient (Wildman–Crippen LogP) is 22.8. The molecule has 0 radical (unpaired) electrons. The molecule has 0 N–H and O–H groups in total. The van der Waals surface area contributed by atoms with Gasteiger partial charge in [0.05, 0.1) is 0 Å². The highest BCUT2D eigenvalue weighted by Crippen LogP contribution is 2.27. The first-order chi connectivity index (χ1) is 35.5. The summed E-state index contributed by atoms with van der Waals surface area (Å²) in [5.74, 6) is 0. The van der Waals surface area contributed by atoms with Gasteiger partial charge in [-0.05, 0) is 123 Å². The zero-order chi connectivity index (χ0) is 53.9. The maximum Gasteiger partial charge on any atom is 0.186 e. The third kappa shape index (κ3) is 44.2. The van der Waals surface area contributed by atoms with E-state index in [0.717, 1.165) is 99.3 Å². The molecule has 0 bridgehead atoms. The van der Waals surface area contributed by atoms with E-state index in [0.29, 0.717) is 20.2 Å². The molecule has 0 atom stereocenters. The summed E-state index contributed by atoms with van der Waals surface area (Å²) in [5, 5.41) is 1.64. The molecular weight excluding hydrogens is 973 g/mol. The van der Waals surface area contributed by atoms with E-state index < -0.39 is 5.41 Å². The highest BCUT2D eigenvalue weighted by molar-refractivity contribution is 7.81. The van der Waals surface area contributed by atoms with E-state index >= 15 is 0 Å². The number of ether oxygens (including phenoxy) is 4. The SMILES string of the molecule is C=C(CCCCCCCCCCCC)C(=S)OCC(COC(=S)C(=C)CCCCCCCCCCCC)(COC(=S)C(=C)CCCCCCCCCCCC)COC(=S)C(=C)CCCCCCCCCCCC. The number of unbranched alkanes of at least 4 members (excludes halogenated alkanes) is 36.